The van der Waals surface area contributed by atoms with Gasteiger partial charge in [-0.15, -0.1) is 0 Å². The van der Waals surface area contributed by atoms with Crippen molar-refractivity contribution in [2.45, 2.75) is 32.7 Å². The number of carbonyl (C=O) groups excluding carboxylic acids is 1. The van der Waals surface area contributed by atoms with E-state index < -0.39 is 0 Å². The molecular weight excluding hydrogens is 330 g/mol. The van der Waals surface area contributed by atoms with E-state index in [9.17, 15) is 4.79 Å². The molecule has 134 valence electrons. The lowest BCUT2D eigenvalue weighted by Gasteiger charge is -2.35. The van der Waals surface area contributed by atoms with Crippen molar-refractivity contribution in [2.75, 3.05) is 18.0 Å². The van der Waals surface area contributed by atoms with Crippen molar-refractivity contribution in [1.82, 2.24) is 29.9 Å². The molecule has 0 aliphatic carbocycles. The summed E-state index contributed by atoms with van der Waals surface area (Å²) in [5, 5.41) is 7.48. The number of hydrogen-bond donors (Lipinski definition) is 1. The molecule has 0 spiro atoms. The van der Waals surface area contributed by atoms with Crippen LogP contribution in [-0.2, 0) is 0 Å². The standard InChI is InChI=1S/C18H21N7O/c1-12-13(2)22-18-20-11-21-25(18)17(12)24-9-3-4-15(10-24)23-16(26)14-5-7-19-8-6-14/h5-8,11,15H,3-4,9-10H2,1-2H3,(H,23,26). The molecule has 1 saturated heterocycles. The third-order valence-corrected chi connectivity index (χ3v) is 4.87. The van der Waals surface area contributed by atoms with E-state index in [1.807, 2.05) is 6.92 Å². The van der Waals surface area contributed by atoms with Gasteiger partial charge in [0.15, 0.2) is 0 Å². The highest BCUT2D eigenvalue weighted by Gasteiger charge is 2.25. The first kappa shape index (κ1) is 16.4. The number of aryl methyl sites for hydroxylation is 1. The fraction of sp³-hybridized carbons (Fsp3) is 0.389. The van der Waals surface area contributed by atoms with Gasteiger partial charge in [-0.2, -0.15) is 14.6 Å². The van der Waals surface area contributed by atoms with Crippen LogP contribution < -0.4 is 10.2 Å². The van der Waals surface area contributed by atoms with Crippen molar-refractivity contribution in [2.24, 2.45) is 0 Å². The number of rotatable bonds is 3. The summed E-state index contributed by atoms with van der Waals surface area (Å²) in [7, 11) is 0. The summed E-state index contributed by atoms with van der Waals surface area (Å²) < 4.78 is 1.79. The minimum Gasteiger partial charge on any atom is -0.354 e. The highest BCUT2D eigenvalue weighted by atomic mass is 16.1. The molecule has 1 aliphatic rings. The van der Waals surface area contributed by atoms with E-state index in [2.05, 4.69) is 37.2 Å². The minimum absolute atomic E-state index is 0.0622. The van der Waals surface area contributed by atoms with Crippen molar-refractivity contribution in [3.05, 3.63) is 47.7 Å². The van der Waals surface area contributed by atoms with Gasteiger partial charge in [0.2, 0.25) is 0 Å². The Kier molecular flexibility index (Phi) is 4.24. The second kappa shape index (κ2) is 6.70. The average Bonchev–Trinajstić information content (AvgIpc) is 3.11. The Bertz CT molecular complexity index is 937. The Morgan fingerprint density at radius 2 is 2.08 bits per heavy atom. The topological polar surface area (TPSA) is 88.3 Å². The zero-order chi connectivity index (χ0) is 18.1. The highest BCUT2D eigenvalue weighted by molar-refractivity contribution is 5.94. The van der Waals surface area contributed by atoms with Crippen LogP contribution in [-0.4, -0.2) is 49.6 Å². The number of fused-ring (bicyclic) bond motifs is 1. The normalized spacial score (nSPS) is 17.5. The molecule has 1 aliphatic heterocycles. The maximum atomic E-state index is 12.5. The summed E-state index contributed by atoms with van der Waals surface area (Å²) in [6.07, 6.45) is 6.74. The van der Waals surface area contributed by atoms with E-state index in [0.717, 1.165) is 43.0 Å². The Morgan fingerprint density at radius 3 is 2.88 bits per heavy atom. The lowest BCUT2D eigenvalue weighted by atomic mass is 10.0. The predicted octanol–water partition coefficient (Wildman–Crippen LogP) is 1.53. The van der Waals surface area contributed by atoms with Crippen LogP contribution in [0.5, 0.6) is 0 Å². The summed E-state index contributed by atoms with van der Waals surface area (Å²) in [6.45, 7) is 5.69. The molecule has 4 rings (SSSR count). The lowest BCUT2D eigenvalue weighted by Crippen LogP contribution is -2.48. The van der Waals surface area contributed by atoms with E-state index in [0.29, 0.717) is 11.3 Å². The summed E-state index contributed by atoms with van der Waals surface area (Å²) >= 11 is 0. The van der Waals surface area contributed by atoms with Crippen LogP contribution in [0.1, 0.15) is 34.5 Å². The van der Waals surface area contributed by atoms with Crippen LogP contribution in [0.15, 0.2) is 30.9 Å². The van der Waals surface area contributed by atoms with Crippen molar-refractivity contribution in [3.63, 3.8) is 0 Å². The Hall–Kier alpha value is -3.03. The largest absolute Gasteiger partial charge is 0.354 e. The molecule has 1 fully saturated rings. The average molecular weight is 351 g/mol. The second-order valence-corrected chi connectivity index (χ2v) is 6.61. The molecule has 26 heavy (non-hydrogen) atoms. The fourth-order valence-corrected chi connectivity index (χ4v) is 3.45. The molecule has 3 aromatic heterocycles. The maximum absolute atomic E-state index is 12.5. The van der Waals surface area contributed by atoms with Crippen LogP contribution in [0, 0.1) is 13.8 Å². The molecule has 0 aromatic carbocycles. The molecule has 8 heteroatoms. The van der Waals surface area contributed by atoms with Gasteiger partial charge in [0.1, 0.15) is 12.1 Å². The summed E-state index contributed by atoms with van der Waals surface area (Å²) in [4.78, 5) is 27.4. The molecular formula is C18H21N7O. The molecule has 1 atom stereocenters. The highest BCUT2D eigenvalue weighted by Crippen LogP contribution is 2.25. The summed E-state index contributed by atoms with van der Waals surface area (Å²) in [6, 6.07) is 3.53. The van der Waals surface area contributed by atoms with Crippen molar-refractivity contribution >= 4 is 17.5 Å². The SMILES string of the molecule is Cc1nc2ncnn2c(N2CCCC(NC(=O)c3ccncc3)C2)c1C. The Balaban J connectivity index is 1.57. The molecule has 1 unspecified atom stereocenters. The van der Waals surface area contributed by atoms with Gasteiger partial charge >= 0.3 is 0 Å². The van der Waals surface area contributed by atoms with Gasteiger partial charge in [0.25, 0.3) is 11.7 Å². The quantitative estimate of drug-likeness (QED) is 0.770. The molecule has 1 amide bonds. The van der Waals surface area contributed by atoms with E-state index >= 15 is 0 Å². The second-order valence-electron chi connectivity index (χ2n) is 6.61. The Labute approximate surface area is 151 Å². The van der Waals surface area contributed by atoms with Crippen LogP contribution >= 0.6 is 0 Å². The van der Waals surface area contributed by atoms with E-state index in [1.165, 1.54) is 6.33 Å². The van der Waals surface area contributed by atoms with Crippen molar-refractivity contribution in [3.8, 4) is 0 Å². The van der Waals surface area contributed by atoms with Crippen molar-refractivity contribution in [1.29, 1.82) is 0 Å². The number of aromatic nitrogens is 5. The van der Waals surface area contributed by atoms with Gasteiger partial charge in [0.05, 0.1) is 0 Å². The Morgan fingerprint density at radius 1 is 1.27 bits per heavy atom. The maximum Gasteiger partial charge on any atom is 0.254 e. The third kappa shape index (κ3) is 2.98. The molecule has 8 nitrogen and oxygen atoms in total. The molecule has 4 heterocycles. The minimum atomic E-state index is -0.0622. The molecule has 3 aromatic rings. The number of piperidine rings is 1. The number of amides is 1. The molecule has 0 bridgehead atoms. The molecule has 0 saturated carbocycles. The summed E-state index contributed by atoms with van der Waals surface area (Å²) in [5.74, 6) is 1.55. The lowest BCUT2D eigenvalue weighted by molar-refractivity contribution is 0.0933. The third-order valence-electron chi connectivity index (χ3n) is 4.87. The monoisotopic (exact) mass is 351 g/mol. The number of anilines is 1. The van der Waals surface area contributed by atoms with Gasteiger partial charge in [-0.3, -0.25) is 9.78 Å². The van der Waals surface area contributed by atoms with Gasteiger partial charge in [-0.05, 0) is 38.8 Å². The van der Waals surface area contributed by atoms with Gasteiger partial charge in [-0.1, -0.05) is 0 Å². The van der Waals surface area contributed by atoms with Crippen LogP contribution in [0.3, 0.4) is 0 Å². The van der Waals surface area contributed by atoms with Gasteiger partial charge in [-0.25, -0.2) is 4.98 Å². The number of carbonyl (C=O) groups is 1. The van der Waals surface area contributed by atoms with E-state index in [-0.39, 0.29) is 11.9 Å². The summed E-state index contributed by atoms with van der Waals surface area (Å²) in [5.41, 5.74) is 2.67. The first-order valence-corrected chi connectivity index (χ1v) is 8.76. The zero-order valence-electron chi connectivity index (χ0n) is 14.9. The van der Waals surface area contributed by atoms with Crippen LogP contribution in [0.2, 0.25) is 0 Å². The zero-order valence-corrected chi connectivity index (χ0v) is 14.9. The van der Waals surface area contributed by atoms with E-state index in [1.54, 1.807) is 29.0 Å². The predicted molar refractivity (Wildman–Crippen MR) is 97.2 cm³/mol. The number of pyridine rings is 1. The first-order chi connectivity index (χ1) is 12.6. The smallest absolute Gasteiger partial charge is 0.254 e. The number of nitrogens with zero attached hydrogens (tertiary/aromatic N) is 6. The van der Waals surface area contributed by atoms with Crippen molar-refractivity contribution < 1.29 is 4.79 Å². The first-order valence-electron chi connectivity index (χ1n) is 8.76. The molecule has 1 N–H and O–H groups in total. The number of hydrogen-bond acceptors (Lipinski definition) is 6. The fourth-order valence-electron chi connectivity index (χ4n) is 3.45. The van der Waals surface area contributed by atoms with Gasteiger partial charge in [0, 0.05) is 48.3 Å². The van der Waals surface area contributed by atoms with Crippen LogP contribution in [0.4, 0.5) is 5.82 Å². The van der Waals surface area contributed by atoms with Gasteiger partial charge < -0.3 is 10.2 Å². The molecule has 0 radical (unpaired) electrons. The van der Waals surface area contributed by atoms with Crippen LogP contribution in [0.25, 0.3) is 5.78 Å². The van der Waals surface area contributed by atoms with E-state index in [4.69, 9.17) is 0 Å². The number of nitrogens with one attached hydrogen (secondary N) is 1.